The van der Waals surface area contributed by atoms with E-state index in [1.54, 1.807) is 12.1 Å². The Morgan fingerprint density at radius 1 is 1.24 bits per heavy atom. The Bertz CT molecular complexity index is 610. The van der Waals surface area contributed by atoms with Gasteiger partial charge in [0, 0.05) is 25.4 Å². The summed E-state index contributed by atoms with van der Waals surface area (Å²) in [4.78, 5) is 25.0. The third-order valence-corrected chi connectivity index (χ3v) is 4.16. The summed E-state index contributed by atoms with van der Waals surface area (Å²) in [6.45, 7) is 4.90. The van der Waals surface area contributed by atoms with Gasteiger partial charge in [-0.05, 0) is 44.9 Å². The molecule has 1 aromatic carbocycles. The predicted molar refractivity (Wildman–Crippen MR) is 79.5 cm³/mol. The van der Waals surface area contributed by atoms with Crippen molar-refractivity contribution in [2.75, 3.05) is 19.0 Å². The minimum atomic E-state index is -0.231. The molecule has 1 N–H and O–H groups in total. The maximum absolute atomic E-state index is 12.0. The minimum Gasteiger partial charge on any atom is -0.382 e. The van der Waals surface area contributed by atoms with Crippen LogP contribution in [-0.2, 0) is 4.74 Å². The first-order chi connectivity index (χ1) is 9.87. The second-order valence-electron chi connectivity index (χ2n) is 6.37. The third kappa shape index (κ3) is 2.53. The van der Waals surface area contributed by atoms with Crippen molar-refractivity contribution in [3.63, 3.8) is 0 Å². The maximum atomic E-state index is 12.0. The van der Waals surface area contributed by atoms with E-state index < -0.39 is 0 Å². The number of nitrogens with one attached hydrogen (secondary N) is 1. The topological polar surface area (TPSA) is 58.6 Å². The molecule has 2 aliphatic heterocycles. The molecule has 0 spiro atoms. The molecule has 0 bridgehead atoms. The lowest BCUT2D eigenvalue weighted by Gasteiger charge is -2.36. The Balaban J connectivity index is 1.80. The molecule has 2 amide bonds. The van der Waals surface area contributed by atoms with Crippen molar-refractivity contribution in [3.8, 4) is 0 Å². The number of rotatable bonds is 2. The van der Waals surface area contributed by atoms with Gasteiger partial charge in [-0.15, -0.1) is 0 Å². The van der Waals surface area contributed by atoms with Crippen LogP contribution in [-0.4, -0.2) is 42.0 Å². The van der Waals surface area contributed by atoms with E-state index in [0.29, 0.717) is 17.2 Å². The molecule has 3 rings (SSSR count). The number of nitrogens with zero attached hydrogens (tertiary/aromatic N) is 1. The number of imide groups is 1. The molecular formula is C16H20N2O3. The Morgan fingerprint density at radius 3 is 2.67 bits per heavy atom. The summed E-state index contributed by atoms with van der Waals surface area (Å²) in [5.41, 5.74) is 1.73. The fraction of sp³-hybridized carbons (Fsp3) is 0.500. The van der Waals surface area contributed by atoms with E-state index in [1.807, 2.05) is 6.07 Å². The molecule has 0 radical (unpaired) electrons. The molecule has 1 fully saturated rings. The van der Waals surface area contributed by atoms with Crippen LogP contribution in [0.25, 0.3) is 0 Å². The number of benzene rings is 1. The largest absolute Gasteiger partial charge is 0.382 e. The second kappa shape index (κ2) is 4.84. The van der Waals surface area contributed by atoms with Crippen molar-refractivity contribution < 1.29 is 14.3 Å². The number of anilines is 1. The molecule has 0 aromatic heterocycles. The number of hydrogen-bond acceptors (Lipinski definition) is 4. The highest BCUT2D eigenvalue weighted by molar-refractivity contribution is 6.21. The fourth-order valence-electron chi connectivity index (χ4n) is 3.04. The first kappa shape index (κ1) is 14.1. The molecule has 5 nitrogen and oxygen atoms in total. The van der Waals surface area contributed by atoms with Gasteiger partial charge in [0.15, 0.2) is 0 Å². The van der Waals surface area contributed by atoms with Gasteiger partial charge in [-0.2, -0.15) is 0 Å². The summed E-state index contributed by atoms with van der Waals surface area (Å²) in [6.07, 6.45) is 1.85. The molecule has 0 aliphatic carbocycles. The number of carbonyl (C=O) groups is 2. The van der Waals surface area contributed by atoms with Crippen LogP contribution in [0.3, 0.4) is 0 Å². The normalized spacial score (nSPS) is 24.1. The maximum Gasteiger partial charge on any atom is 0.261 e. The van der Waals surface area contributed by atoms with E-state index >= 15 is 0 Å². The summed E-state index contributed by atoms with van der Waals surface area (Å²) < 4.78 is 5.71. The Labute approximate surface area is 124 Å². The van der Waals surface area contributed by atoms with Crippen molar-refractivity contribution in [2.24, 2.45) is 0 Å². The minimum absolute atomic E-state index is 0.126. The lowest BCUT2D eigenvalue weighted by Crippen LogP contribution is -2.40. The predicted octanol–water partition coefficient (Wildman–Crippen LogP) is 2.28. The van der Waals surface area contributed by atoms with Gasteiger partial charge in [0.05, 0.1) is 16.7 Å². The molecular weight excluding hydrogens is 268 g/mol. The highest BCUT2D eigenvalue weighted by Crippen LogP contribution is 2.29. The third-order valence-electron chi connectivity index (χ3n) is 4.16. The Morgan fingerprint density at radius 2 is 1.95 bits per heavy atom. The first-order valence-corrected chi connectivity index (χ1v) is 7.24. The van der Waals surface area contributed by atoms with E-state index in [9.17, 15) is 9.59 Å². The zero-order chi connectivity index (χ0) is 15.2. The lowest BCUT2D eigenvalue weighted by atomic mass is 9.93. The summed E-state index contributed by atoms with van der Waals surface area (Å²) in [7, 11) is 1.51. The van der Waals surface area contributed by atoms with Crippen LogP contribution in [0.4, 0.5) is 5.69 Å². The van der Waals surface area contributed by atoms with Crippen molar-refractivity contribution in [1.29, 1.82) is 0 Å². The second-order valence-corrected chi connectivity index (χ2v) is 6.37. The lowest BCUT2D eigenvalue weighted by molar-refractivity contribution is -0.0553. The number of amides is 2. The van der Waals surface area contributed by atoms with Crippen LogP contribution in [0.5, 0.6) is 0 Å². The van der Waals surface area contributed by atoms with Gasteiger partial charge in [-0.1, -0.05) is 0 Å². The highest BCUT2D eigenvalue weighted by atomic mass is 16.5. The summed E-state index contributed by atoms with van der Waals surface area (Å²) >= 11 is 0. The van der Waals surface area contributed by atoms with Crippen molar-refractivity contribution in [1.82, 2.24) is 4.90 Å². The van der Waals surface area contributed by atoms with Crippen LogP contribution >= 0.6 is 0 Å². The first-order valence-electron chi connectivity index (χ1n) is 7.24. The Hall–Kier alpha value is -1.88. The summed E-state index contributed by atoms with van der Waals surface area (Å²) in [5.74, 6) is -0.459. The van der Waals surface area contributed by atoms with Crippen LogP contribution < -0.4 is 5.32 Å². The molecule has 0 saturated carbocycles. The summed E-state index contributed by atoms with van der Waals surface area (Å²) in [6, 6.07) is 5.69. The quantitative estimate of drug-likeness (QED) is 0.848. The van der Waals surface area contributed by atoms with Gasteiger partial charge in [0.1, 0.15) is 0 Å². The SMILES string of the molecule is CN1C(=O)c2ccc(NC3CCOC(C)(C)C3)cc2C1=O. The fourth-order valence-corrected chi connectivity index (χ4v) is 3.04. The highest BCUT2D eigenvalue weighted by Gasteiger charge is 2.33. The van der Waals surface area contributed by atoms with Crippen LogP contribution in [0.2, 0.25) is 0 Å². The number of carbonyl (C=O) groups excluding carboxylic acids is 2. The van der Waals surface area contributed by atoms with Gasteiger partial charge >= 0.3 is 0 Å². The number of hydrogen-bond donors (Lipinski definition) is 1. The van der Waals surface area contributed by atoms with Gasteiger partial charge in [0.2, 0.25) is 0 Å². The van der Waals surface area contributed by atoms with E-state index in [-0.39, 0.29) is 17.4 Å². The van der Waals surface area contributed by atoms with E-state index in [1.165, 1.54) is 7.05 Å². The van der Waals surface area contributed by atoms with Gasteiger partial charge in [-0.25, -0.2) is 0 Å². The molecule has 1 saturated heterocycles. The molecule has 21 heavy (non-hydrogen) atoms. The zero-order valence-corrected chi connectivity index (χ0v) is 12.6. The standard InChI is InChI=1S/C16H20N2O3/c1-16(2)9-11(6-7-21-16)17-10-4-5-12-13(8-10)15(20)18(3)14(12)19/h4-5,8,11,17H,6-7,9H2,1-3H3. The van der Waals surface area contributed by atoms with Gasteiger partial charge in [-0.3, -0.25) is 14.5 Å². The average molecular weight is 288 g/mol. The molecule has 5 heteroatoms. The molecule has 2 heterocycles. The molecule has 1 unspecified atom stereocenters. The van der Waals surface area contributed by atoms with E-state index in [2.05, 4.69) is 19.2 Å². The van der Waals surface area contributed by atoms with E-state index in [0.717, 1.165) is 30.0 Å². The van der Waals surface area contributed by atoms with Gasteiger partial charge < -0.3 is 10.1 Å². The Kier molecular flexibility index (Phi) is 3.24. The zero-order valence-electron chi connectivity index (χ0n) is 12.6. The van der Waals surface area contributed by atoms with Crippen LogP contribution in [0.15, 0.2) is 18.2 Å². The summed E-state index contributed by atoms with van der Waals surface area (Å²) in [5, 5.41) is 3.45. The monoisotopic (exact) mass is 288 g/mol. The van der Waals surface area contributed by atoms with Gasteiger partial charge in [0.25, 0.3) is 11.8 Å². The molecule has 1 atom stereocenters. The smallest absolute Gasteiger partial charge is 0.261 e. The number of fused-ring (bicyclic) bond motifs is 1. The van der Waals surface area contributed by atoms with Crippen LogP contribution in [0.1, 0.15) is 47.4 Å². The van der Waals surface area contributed by atoms with Crippen molar-refractivity contribution in [3.05, 3.63) is 29.3 Å². The average Bonchev–Trinajstić information content (AvgIpc) is 2.63. The molecule has 112 valence electrons. The molecule has 2 aliphatic rings. The number of ether oxygens (including phenoxy) is 1. The van der Waals surface area contributed by atoms with E-state index in [4.69, 9.17) is 4.74 Å². The van der Waals surface area contributed by atoms with Crippen LogP contribution in [0, 0.1) is 0 Å². The molecule has 1 aromatic rings. The van der Waals surface area contributed by atoms with Crippen molar-refractivity contribution >= 4 is 17.5 Å². The van der Waals surface area contributed by atoms with Crippen molar-refractivity contribution in [2.45, 2.75) is 38.3 Å².